The third kappa shape index (κ3) is 4.37. The molecule has 0 unspecified atom stereocenters. The highest BCUT2D eigenvalue weighted by Gasteiger charge is 2.39. The fourth-order valence-electron chi connectivity index (χ4n) is 2.61. The van der Waals surface area contributed by atoms with E-state index >= 15 is 0 Å². The third-order valence-electron chi connectivity index (χ3n) is 4.24. The number of nitrogens with one attached hydrogen (secondary N) is 1. The van der Waals surface area contributed by atoms with E-state index in [4.69, 9.17) is 5.11 Å². The van der Waals surface area contributed by atoms with Crippen LogP contribution in [0.5, 0.6) is 0 Å². The summed E-state index contributed by atoms with van der Waals surface area (Å²) in [6.07, 6.45) is -4.29. The quantitative estimate of drug-likeness (QED) is 0.822. The normalized spacial score (nSPS) is 22.5. The van der Waals surface area contributed by atoms with Crippen molar-refractivity contribution in [3.05, 3.63) is 35.4 Å². The van der Waals surface area contributed by atoms with Gasteiger partial charge >= 0.3 is 12.2 Å². The van der Waals surface area contributed by atoms with E-state index in [9.17, 15) is 22.4 Å². The second-order valence-corrected chi connectivity index (χ2v) is 6.19. The number of aliphatic hydroxyl groups is 1. The van der Waals surface area contributed by atoms with E-state index in [0.29, 0.717) is 5.56 Å². The van der Waals surface area contributed by atoms with Crippen LogP contribution in [0.1, 0.15) is 30.4 Å². The summed E-state index contributed by atoms with van der Waals surface area (Å²) in [5, 5.41) is 11.6. The minimum absolute atomic E-state index is 0.0887. The fourth-order valence-corrected chi connectivity index (χ4v) is 2.61. The monoisotopic (exact) mass is 348 g/mol. The number of aliphatic hydroxyl groups excluding tert-OH is 1. The Morgan fingerprint density at radius 2 is 2.00 bits per heavy atom. The number of carbonyl (C=O) groups excluding carboxylic acids is 1. The van der Waals surface area contributed by atoms with E-state index in [1.54, 1.807) is 6.92 Å². The number of hydrogen-bond acceptors (Lipinski definition) is 2. The van der Waals surface area contributed by atoms with E-state index in [0.717, 1.165) is 12.1 Å². The Morgan fingerprint density at radius 3 is 2.50 bits per heavy atom. The van der Waals surface area contributed by atoms with Crippen LogP contribution in [-0.2, 0) is 6.18 Å². The molecule has 2 N–H and O–H groups in total. The number of nitrogens with zero attached hydrogens (tertiary/aromatic N) is 1. The van der Waals surface area contributed by atoms with Gasteiger partial charge < -0.3 is 15.3 Å². The van der Waals surface area contributed by atoms with Crippen LogP contribution in [0.15, 0.2) is 24.3 Å². The number of amides is 2. The number of urea groups is 1. The Morgan fingerprint density at radius 1 is 1.38 bits per heavy atom. The van der Waals surface area contributed by atoms with Gasteiger partial charge in [-0.3, -0.25) is 0 Å². The number of likely N-dealkylation sites (tertiary alicyclic amines) is 1. The largest absolute Gasteiger partial charge is 0.416 e. The number of hydrogen-bond donors (Lipinski definition) is 2. The second kappa shape index (κ2) is 6.96. The predicted octanol–water partition coefficient (Wildman–Crippen LogP) is 2.92. The first-order valence-electron chi connectivity index (χ1n) is 7.64. The Labute approximate surface area is 137 Å². The second-order valence-electron chi connectivity index (χ2n) is 6.19. The first kappa shape index (κ1) is 18.5. The molecule has 0 radical (unpaired) electrons. The van der Waals surface area contributed by atoms with Crippen molar-refractivity contribution in [3.63, 3.8) is 0 Å². The summed E-state index contributed by atoms with van der Waals surface area (Å²) in [4.78, 5) is 13.3. The van der Waals surface area contributed by atoms with Gasteiger partial charge in [-0.1, -0.05) is 19.1 Å². The Bertz CT molecular complexity index is 576. The van der Waals surface area contributed by atoms with E-state index in [1.165, 1.54) is 17.0 Å². The molecule has 1 aliphatic heterocycles. The van der Waals surface area contributed by atoms with E-state index in [2.05, 4.69) is 5.32 Å². The summed E-state index contributed by atoms with van der Waals surface area (Å²) in [5.74, 6) is -0.188. The highest BCUT2D eigenvalue weighted by Crippen LogP contribution is 2.30. The summed E-state index contributed by atoms with van der Waals surface area (Å²) in [6.45, 7) is 1.43. The first-order chi connectivity index (χ1) is 11.1. The Kier molecular flexibility index (Phi) is 5.37. The topological polar surface area (TPSA) is 52.6 Å². The molecule has 0 aromatic heterocycles. The highest BCUT2D eigenvalue weighted by atomic mass is 19.4. The molecule has 0 bridgehead atoms. The van der Waals surface area contributed by atoms with Crippen molar-refractivity contribution >= 4 is 6.03 Å². The van der Waals surface area contributed by atoms with Crippen LogP contribution in [0.3, 0.4) is 0 Å². The molecule has 134 valence electrons. The average molecular weight is 348 g/mol. The maximum absolute atomic E-state index is 13.9. The summed E-state index contributed by atoms with van der Waals surface area (Å²) >= 11 is 0. The maximum atomic E-state index is 13.9. The van der Waals surface area contributed by atoms with Gasteiger partial charge in [-0.25, -0.2) is 9.18 Å². The van der Waals surface area contributed by atoms with Crippen LogP contribution >= 0.6 is 0 Å². The van der Waals surface area contributed by atoms with Crippen molar-refractivity contribution in [2.24, 2.45) is 0 Å². The molecule has 1 heterocycles. The van der Waals surface area contributed by atoms with Crippen LogP contribution in [0, 0.1) is 0 Å². The SMILES string of the molecule is C[C@H](CNC(=O)N1CC[C@@](F)(CO)C1)c1ccc(C(F)(F)F)cc1. The van der Waals surface area contributed by atoms with Gasteiger partial charge in [0.05, 0.1) is 18.7 Å². The summed E-state index contributed by atoms with van der Waals surface area (Å²) in [6, 6.07) is 4.34. The maximum Gasteiger partial charge on any atom is 0.416 e. The first-order valence-corrected chi connectivity index (χ1v) is 7.64. The molecule has 24 heavy (non-hydrogen) atoms. The zero-order valence-corrected chi connectivity index (χ0v) is 13.2. The van der Waals surface area contributed by atoms with E-state index in [-0.39, 0.29) is 32.0 Å². The minimum atomic E-state index is -4.38. The van der Waals surface area contributed by atoms with Crippen molar-refractivity contribution in [2.45, 2.75) is 31.1 Å². The zero-order chi connectivity index (χ0) is 18.0. The minimum Gasteiger partial charge on any atom is -0.393 e. The molecular formula is C16H20F4N2O2. The molecule has 1 aromatic carbocycles. The van der Waals surface area contributed by atoms with Gasteiger partial charge in [0.1, 0.15) is 0 Å². The highest BCUT2D eigenvalue weighted by molar-refractivity contribution is 5.74. The summed E-state index contributed by atoms with van der Waals surface area (Å²) in [7, 11) is 0. The molecule has 2 amide bonds. The van der Waals surface area contributed by atoms with Crippen molar-refractivity contribution in [1.29, 1.82) is 0 Å². The van der Waals surface area contributed by atoms with Gasteiger partial charge in [-0.05, 0) is 23.6 Å². The molecule has 1 saturated heterocycles. The molecule has 1 aliphatic rings. The van der Waals surface area contributed by atoms with E-state index < -0.39 is 30.0 Å². The van der Waals surface area contributed by atoms with Gasteiger partial charge in [0.2, 0.25) is 0 Å². The number of halogens is 4. The van der Waals surface area contributed by atoms with Gasteiger partial charge in [0.25, 0.3) is 0 Å². The molecular weight excluding hydrogens is 328 g/mol. The molecule has 2 atom stereocenters. The zero-order valence-electron chi connectivity index (χ0n) is 13.2. The summed E-state index contributed by atoms with van der Waals surface area (Å²) in [5.41, 5.74) is -1.81. The van der Waals surface area contributed by atoms with Crippen molar-refractivity contribution in [1.82, 2.24) is 10.2 Å². The fraction of sp³-hybridized carbons (Fsp3) is 0.562. The molecule has 0 saturated carbocycles. The standard InChI is InChI=1S/C16H20F4N2O2/c1-11(12-2-4-13(5-3-12)16(18,19)20)8-21-14(24)22-7-6-15(17,9-22)10-23/h2-5,11,23H,6-10H2,1H3,(H,21,24)/t11-,15+/m1/s1. The number of benzene rings is 1. The molecule has 1 aromatic rings. The molecule has 4 nitrogen and oxygen atoms in total. The lowest BCUT2D eigenvalue weighted by atomic mass is 10.00. The van der Waals surface area contributed by atoms with Gasteiger partial charge in [-0.2, -0.15) is 13.2 Å². The van der Waals surface area contributed by atoms with Crippen molar-refractivity contribution in [3.8, 4) is 0 Å². The van der Waals surface area contributed by atoms with Gasteiger partial charge in [-0.15, -0.1) is 0 Å². The van der Waals surface area contributed by atoms with Crippen LogP contribution in [0.25, 0.3) is 0 Å². The van der Waals surface area contributed by atoms with Crippen molar-refractivity contribution < 1.29 is 27.5 Å². The molecule has 1 fully saturated rings. The van der Waals surface area contributed by atoms with E-state index in [1.807, 2.05) is 0 Å². The van der Waals surface area contributed by atoms with Gasteiger partial charge in [0.15, 0.2) is 5.67 Å². The lowest BCUT2D eigenvalue weighted by molar-refractivity contribution is -0.137. The average Bonchev–Trinajstić information content (AvgIpc) is 2.95. The predicted molar refractivity (Wildman–Crippen MR) is 80.4 cm³/mol. The number of carbonyl (C=O) groups is 1. The lowest BCUT2D eigenvalue weighted by Crippen LogP contribution is -2.42. The Hall–Kier alpha value is -1.83. The number of rotatable bonds is 4. The number of alkyl halides is 4. The van der Waals surface area contributed by atoms with Crippen molar-refractivity contribution in [2.75, 3.05) is 26.2 Å². The van der Waals surface area contributed by atoms with Crippen LogP contribution < -0.4 is 5.32 Å². The van der Waals surface area contributed by atoms with Crippen LogP contribution in [0.2, 0.25) is 0 Å². The lowest BCUT2D eigenvalue weighted by Gasteiger charge is -2.21. The third-order valence-corrected chi connectivity index (χ3v) is 4.24. The van der Waals surface area contributed by atoms with Crippen LogP contribution in [-0.4, -0.2) is 47.9 Å². The molecule has 0 spiro atoms. The smallest absolute Gasteiger partial charge is 0.393 e. The molecule has 2 rings (SSSR count). The Balaban J connectivity index is 1.87. The van der Waals surface area contributed by atoms with Crippen LogP contribution in [0.4, 0.5) is 22.4 Å². The molecule has 0 aliphatic carbocycles. The molecule has 8 heteroatoms. The van der Waals surface area contributed by atoms with Gasteiger partial charge in [0, 0.05) is 19.5 Å². The summed E-state index contributed by atoms with van der Waals surface area (Å²) < 4.78 is 51.5.